The highest BCUT2D eigenvalue weighted by atomic mass is 79.9. The van der Waals surface area contributed by atoms with E-state index in [0.717, 1.165) is 12.1 Å². The van der Waals surface area contributed by atoms with Crippen LogP contribution < -0.4 is 5.32 Å². The molecule has 0 fully saturated rings. The molecule has 1 aromatic heterocycles. The molecule has 0 unspecified atom stereocenters. The SMILES string of the molecule is O=C(Nc1cnc(Cl)c(Br)c1)c1ccc(F)cc1F. The van der Waals surface area contributed by atoms with Crippen LogP contribution in [0.1, 0.15) is 10.4 Å². The van der Waals surface area contributed by atoms with E-state index in [2.05, 4.69) is 26.2 Å². The number of hydrogen-bond donors (Lipinski definition) is 1. The number of hydrogen-bond acceptors (Lipinski definition) is 2. The minimum absolute atomic E-state index is 0.242. The molecule has 0 saturated heterocycles. The lowest BCUT2D eigenvalue weighted by atomic mass is 10.2. The summed E-state index contributed by atoms with van der Waals surface area (Å²) in [6, 6.07) is 4.24. The van der Waals surface area contributed by atoms with E-state index in [1.165, 1.54) is 12.3 Å². The van der Waals surface area contributed by atoms with Crippen LogP contribution in [0, 0.1) is 11.6 Å². The summed E-state index contributed by atoms with van der Waals surface area (Å²) in [4.78, 5) is 15.6. The Morgan fingerprint density at radius 1 is 1.32 bits per heavy atom. The Morgan fingerprint density at radius 2 is 2.05 bits per heavy atom. The van der Waals surface area contributed by atoms with Gasteiger partial charge < -0.3 is 5.32 Å². The first-order valence-electron chi connectivity index (χ1n) is 5.05. The lowest BCUT2D eigenvalue weighted by Crippen LogP contribution is -2.14. The number of benzene rings is 1. The van der Waals surface area contributed by atoms with Gasteiger partial charge in [-0.3, -0.25) is 4.79 Å². The first-order valence-corrected chi connectivity index (χ1v) is 6.22. The molecule has 1 amide bonds. The molecule has 0 radical (unpaired) electrons. The van der Waals surface area contributed by atoms with Crippen molar-refractivity contribution in [3.63, 3.8) is 0 Å². The van der Waals surface area contributed by atoms with Crippen molar-refractivity contribution in [1.29, 1.82) is 0 Å². The molecular weight excluding hydrogens is 341 g/mol. The molecule has 0 bridgehead atoms. The van der Waals surface area contributed by atoms with Crippen LogP contribution in [0.25, 0.3) is 0 Å². The zero-order chi connectivity index (χ0) is 14.0. The highest BCUT2D eigenvalue weighted by Crippen LogP contribution is 2.23. The standard InChI is InChI=1S/C12H6BrClF2N2O/c13-9-4-7(5-17-11(9)14)18-12(19)8-2-1-6(15)3-10(8)16/h1-5H,(H,18,19). The van der Waals surface area contributed by atoms with E-state index in [-0.39, 0.29) is 10.7 Å². The van der Waals surface area contributed by atoms with E-state index in [4.69, 9.17) is 11.6 Å². The first-order chi connectivity index (χ1) is 8.97. The van der Waals surface area contributed by atoms with Gasteiger partial charge in [-0.05, 0) is 34.1 Å². The monoisotopic (exact) mass is 346 g/mol. The normalized spacial score (nSPS) is 10.3. The maximum Gasteiger partial charge on any atom is 0.258 e. The zero-order valence-corrected chi connectivity index (χ0v) is 11.6. The van der Waals surface area contributed by atoms with Crippen molar-refractivity contribution in [1.82, 2.24) is 4.98 Å². The van der Waals surface area contributed by atoms with Crippen molar-refractivity contribution in [3.05, 3.63) is 57.3 Å². The molecule has 0 aliphatic rings. The van der Waals surface area contributed by atoms with Gasteiger partial charge in [0, 0.05) is 6.07 Å². The maximum atomic E-state index is 13.4. The second-order valence-corrected chi connectivity index (χ2v) is 4.79. The number of halogens is 4. The number of carbonyl (C=O) groups excluding carboxylic acids is 1. The average Bonchev–Trinajstić information content (AvgIpc) is 2.33. The van der Waals surface area contributed by atoms with Gasteiger partial charge in [0.2, 0.25) is 0 Å². The van der Waals surface area contributed by atoms with Crippen LogP contribution in [0.2, 0.25) is 5.15 Å². The fourth-order valence-corrected chi connectivity index (χ4v) is 1.81. The summed E-state index contributed by atoms with van der Waals surface area (Å²) < 4.78 is 26.6. The lowest BCUT2D eigenvalue weighted by Gasteiger charge is -2.06. The highest BCUT2D eigenvalue weighted by molar-refractivity contribution is 9.10. The van der Waals surface area contributed by atoms with Gasteiger partial charge in [-0.15, -0.1) is 0 Å². The highest BCUT2D eigenvalue weighted by Gasteiger charge is 2.13. The minimum Gasteiger partial charge on any atom is -0.320 e. The Kier molecular flexibility index (Phi) is 4.11. The molecule has 1 heterocycles. The van der Waals surface area contributed by atoms with E-state index < -0.39 is 17.5 Å². The Morgan fingerprint density at radius 3 is 2.68 bits per heavy atom. The van der Waals surface area contributed by atoms with Gasteiger partial charge in [-0.25, -0.2) is 13.8 Å². The van der Waals surface area contributed by atoms with Crippen LogP contribution in [0.3, 0.4) is 0 Å². The third-order valence-electron chi connectivity index (χ3n) is 2.23. The minimum atomic E-state index is -0.932. The number of aromatic nitrogens is 1. The van der Waals surface area contributed by atoms with E-state index in [1.54, 1.807) is 0 Å². The van der Waals surface area contributed by atoms with Gasteiger partial charge in [0.05, 0.1) is 21.9 Å². The molecule has 0 saturated carbocycles. The van der Waals surface area contributed by atoms with Crippen molar-refractivity contribution < 1.29 is 13.6 Å². The Labute approximate surface area is 120 Å². The van der Waals surface area contributed by atoms with Gasteiger partial charge in [-0.1, -0.05) is 11.6 Å². The molecule has 1 aromatic carbocycles. The Hall–Kier alpha value is -1.53. The number of amides is 1. The number of anilines is 1. The Balaban J connectivity index is 2.23. The molecule has 0 aliphatic carbocycles. The molecule has 98 valence electrons. The van der Waals surface area contributed by atoms with Crippen LogP contribution in [-0.4, -0.2) is 10.9 Å². The Bertz CT molecular complexity index is 652. The first kappa shape index (κ1) is 13.9. The van der Waals surface area contributed by atoms with Crippen molar-refractivity contribution >= 4 is 39.1 Å². The molecule has 7 heteroatoms. The van der Waals surface area contributed by atoms with Gasteiger partial charge in [0.25, 0.3) is 5.91 Å². The van der Waals surface area contributed by atoms with Crippen LogP contribution in [0.15, 0.2) is 34.9 Å². The predicted octanol–water partition coefficient (Wildman–Crippen LogP) is 4.03. The molecular formula is C12H6BrClF2N2O. The summed E-state index contributed by atoms with van der Waals surface area (Å²) in [5.74, 6) is -2.38. The summed E-state index contributed by atoms with van der Waals surface area (Å²) in [7, 11) is 0. The molecule has 0 aliphatic heterocycles. The quantitative estimate of drug-likeness (QED) is 0.834. The average molecular weight is 348 g/mol. The smallest absolute Gasteiger partial charge is 0.258 e. The second kappa shape index (κ2) is 5.63. The largest absolute Gasteiger partial charge is 0.320 e. The third kappa shape index (κ3) is 3.27. The summed E-state index contributed by atoms with van der Waals surface area (Å²) >= 11 is 8.85. The predicted molar refractivity (Wildman–Crippen MR) is 71.3 cm³/mol. The zero-order valence-electron chi connectivity index (χ0n) is 9.25. The number of rotatable bonds is 2. The summed E-state index contributed by atoms with van der Waals surface area (Å²) in [5.41, 5.74) is 0.0810. The van der Waals surface area contributed by atoms with E-state index in [0.29, 0.717) is 16.2 Å². The van der Waals surface area contributed by atoms with Gasteiger partial charge in [-0.2, -0.15) is 0 Å². The van der Waals surface area contributed by atoms with Crippen molar-refractivity contribution in [2.75, 3.05) is 5.32 Å². The maximum absolute atomic E-state index is 13.4. The summed E-state index contributed by atoms with van der Waals surface area (Å²) in [6.45, 7) is 0. The molecule has 19 heavy (non-hydrogen) atoms. The van der Waals surface area contributed by atoms with Crippen molar-refractivity contribution in [3.8, 4) is 0 Å². The number of nitrogens with zero attached hydrogens (tertiary/aromatic N) is 1. The van der Waals surface area contributed by atoms with E-state index in [1.807, 2.05) is 0 Å². The van der Waals surface area contributed by atoms with Crippen molar-refractivity contribution in [2.45, 2.75) is 0 Å². The van der Waals surface area contributed by atoms with E-state index >= 15 is 0 Å². The fourth-order valence-electron chi connectivity index (χ4n) is 1.36. The summed E-state index contributed by atoms with van der Waals surface area (Å²) in [5, 5.41) is 2.68. The van der Waals surface area contributed by atoms with Crippen LogP contribution >= 0.6 is 27.5 Å². The molecule has 2 aromatic rings. The van der Waals surface area contributed by atoms with Crippen LogP contribution in [0.5, 0.6) is 0 Å². The van der Waals surface area contributed by atoms with Gasteiger partial charge >= 0.3 is 0 Å². The van der Waals surface area contributed by atoms with Crippen molar-refractivity contribution in [2.24, 2.45) is 0 Å². The molecule has 2 rings (SSSR count). The summed E-state index contributed by atoms with van der Waals surface area (Å²) in [6.07, 6.45) is 1.33. The van der Waals surface area contributed by atoms with Gasteiger partial charge in [0.1, 0.15) is 16.8 Å². The molecule has 0 atom stereocenters. The fraction of sp³-hybridized carbons (Fsp3) is 0. The third-order valence-corrected chi connectivity index (χ3v) is 3.36. The van der Waals surface area contributed by atoms with Crippen LogP contribution in [0.4, 0.5) is 14.5 Å². The molecule has 1 N–H and O–H groups in total. The van der Waals surface area contributed by atoms with Gasteiger partial charge in [0.15, 0.2) is 0 Å². The number of pyridine rings is 1. The number of nitrogens with one attached hydrogen (secondary N) is 1. The lowest BCUT2D eigenvalue weighted by molar-refractivity contribution is 0.102. The number of carbonyl (C=O) groups is 1. The van der Waals surface area contributed by atoms with Crippen LogP contribution in [-0.2, 0) is 0 Å². The topological polar surface area (TPSA) is 42.0 Å². The van der Waals surface area contributed by atoms with E-state index in [9.17, 15) is 13.6 Å². The molecule has 0 spiro atoms. The second-order valence-electron chi connectivity index (χ2n) is 3.57. The molecule has 3 nitrogen and oxygen atoms in total.